The van der Waals surface area contributed by atoms with Gasteiger partial charge in [0.2, 0.25) is 5.78 Å². The minimum atomic E-state index is -1.92. The number of Topliss-reactive ketones (excluding diaryl/α,β-unsaturated/α-hetero) is 1. The summed E-state index contributed by atoms with van der Waals surface area (Å²) < 4.78 is 5.32. The third-order valence-corrected chi connectivity index (χ3v) is 2.84. The monoisotopic (exact) mass is 276 g/mol. The molecular formula is C15H13ClO3. The molecule has 0 spiro atoms. The highest BCUT2D eigenvalue weighted by molar-refractivity contribution is 6.30. The highest BCUT2D eigenvalue weighted by Crippen LogP contribution is 2.22. The molecule has 0 fully saturated rings. The lowest BCUT2D eigenvalue weighted by Gasteiger charge is -2.23. The quantitative estimate of drug-likeness (QED) is 0.688. The lowest BCUT2D eigenvalue weighted by molar-refractivity contribution is -0.0855. The molecule has 0 amide bonds. The molecule has 4 heteroatoms. The van der Waals surface area contributed by atoms with Crippen LogP contribution in [0.4, 0.5) is 0 Å². The molecule has 0 aliphatic rings. The lowest BCUT2D eigenvalue weighted by atomic mass is 10.0. The molecule has 0 saturated heterocycles. The number of rotatable bonds is 4. The van der Waals surface area contributed by atoms with Gasteiger partial charge in [0, 0.05) is 17.5 Å². The average Bonchev–Trinajstić information content (AvgIpc) is 2.41. The first-order chi connectivity index (χ1) is 8.99. The van der Waals surface area contributed by atoms with Gasteiger partial charge in [0.05, 0.1) is 0 Å². The standard InChI is InChI=1S/C15H13ClO3/c1-15(18,14(17)11-5-3-2-4-6-11)19-13-9-7-12(16)8-10-13/h2-10,18H,1H3. The molecule has 3 nitrogen and oxygen atoms in total. The summed E-state index contributed by atoms with van der Waals surface area (Å²) in [7, 11) is 0. The maximum absolute atomic E-state index is 12.1. The van der Waals surface area contributed by atoms with Gasteiger partial charge in [-0.15, -0.1) is 0 Å². The van der Waals surface area contributed by atoms with Crippen LogP contribution in [-0.4, -0.2) is 16.7 Å². The van der Waals surface area contributed by atoms with E-state index in [-0.39, 0.29) is 0 Å². The summed E-state index contributed by atoms with van der Waals surface area (Å²) >= 11 is 5.76. The van der Waals surface area contributed by atoms with E-state index in [2.05, 4.69) is 0 Å². The predicted octanol–water partition coefficient (Wildman–Crippen LogP) is 3.31. The lowest BCUT2D eigenvalue weighted by Crippen LogP contribution is -2.41. The molecular weight excluding hydrogens is 264 g/mol. The van der Waals surface area contributed by atoms with Crippen molar-refractivity contribution in [1.29, 1.82) is 0 Å². The van der Waals surface area contributed by atoms with Crippen LogP contribution in [0, 0.1) is 0 Å². The van der Waals surface area contributed by atoms with Crippen molar-refractivity contribution >= 4 is 17.4 Å². The topological polar surface area (TPSA) is 46.5 Å². The summed E-state index contributed by atoms with van der Waals surface area (Å²) in [6.07, 6.45) is 0. The van der Waals surface area contributed by atoms with E-state index in [0.29, 0.717) is 16.3 Å². The predicted molar refractivity (Wildman–Crippen MR) is 73.5 cm³/mol. The van der Waals surface area contributed by atoms with Crippen molar-refractivity contribution in [3.8, 4) is 5.75 Å². The zero-order valence-corrected chi connectivity index (χ0v) is 11.1. The van der Waals surface area contributed by atoms with Gasteiger partial charge in [-0.2, -0.15) is 0 Å². The molecule has 0 bridgehead atoms. The van der Waals surface area contributed by atoms with Gasteiger partial charge in [0.15, 0.2) is 0 Å². The molecule has 2 aromatic rings. The largest absolute Gasteiger partial charge is 0.455 e. The molecule has 1 unspecified atom stereocenters. The fraction of sp³-hybridized carbons (Fsp3) is 0.133. The Morgan fingerprint density at radius 2 is 1.68 bits per heavy atom. The Labute approximate surface area is 116 Å². The Morgan fingerprint density at radius 3 is 2.26 bits per heavy atom. The number of benzene rings is 2. The molecule has 1 atom stereocenters. The van der Waals surface area contributed by atoms with Gasteiger partial charge in [-0.3, -0.25) is 4.79 Å². The van der Waals surface area contributed by atoms with Gasteiger partial charge in [-0.1, -0.05) is 41.9 Å². The van der Waals surface area contributed by atoms with E-state index >= 15 is 0 Å². The van der Waals surface area contributed by atoms with Crippen LogP contribution in [0.5, 0.6) is 5.75 Å². The van der Waals surface area contributed by atoms with Gasteiger partial charge in [-0.25, -0.2) is 0 Å². The number of hydrogen-bond acceptors (Lipinski definition) is 3. The van der Waals surface area contributed by atoms with E-state index in [1.165, 1.54) is 6.92 Å². The highest BCUT2D eigenvalue weighted by atomic mass is 35.5. The van der Waals surface area contributed by atoms with E-state index in [0.717, 1.165) is 0 Å². The summed E-state index contributed by atoms with van der Waals surface area (Å²) in [5, 5.41) is 10.7. The number of ketones is 1. The van der Waals surface area contributed by atoms with Crippen LogP contribution < -0.4 is 4.74 Å². The van der Waals surface area contributed by atoms with Crippen LogP contribution in [-0.2, 0) is 0 Å². The van der Waals surface area contributed by atoms with Crippen LogP contribution >= 0.6 is 11.6 Å². The summed E-state index contributed by atoms with van der Waals surface area (Å²) in [6.45, 7) is 1.32. The molecule has 0 aliphatic carbocycles. The van der Waals surface area contributed by atoms with Crippen molar-refractivity contribution < 1.29 is 14.6 Å². The first-order valence-electron chi connectivity index (χ1n) is 5.76. The summed E-state index contributed by atoms with van der Waals surface area (Å²) in [6, 6.07) is 14.9. The zero-order valence-electron chi connectivity index (χ0n) is 10.3. The van der Waals surface area contributed by atoms with Gasteiger partial charge >= 0.3 is 0 Å². The second kappa shape index (κ2) is 5.43. The normalized spacial score (nSPS) is 13.6. The van der Waals surface area contributed by atoms with E-state index in [4.69, 9.17) is 16.3 Å². The van der Waals surface area contributed by atoms with Gasteiger partial charge in [-0.05, 0) is 24.3 Å². The second-order valence-corrected chi connectivity index (χ2v) is 4.67. The summed E-state index contributed by atoms with van der Waals surface area (Å²) in [5.41, 5.74) is 0.390. The van der Waals surface area contributed by atoms with Gasteiger partial charge in [0.1, 0.15) is 5.75 Å². The minimum absolute atomic E-state index is 0.374. The molecule has 0 aliphatic heterocycles. The Kier molecular flexibility index (Phi) is 3.88. The number of aliphatic hydroxyl groups is 1. The number of carbonyl (C=O) groups is 1. The second-order valence-electron chi connectivity index (χ2n) is 4.23. The summed E-state index contributed by atoms with van der Waals surface area (Å²) in [5.74, 6) is -2.04. The molecule has 0 radical (unpaired) electrons. The van der Waals surface area contributed by atoms with Crippen molar-refractivity contribution in [1.82, 2.24) is 0 Å². The fourth-order valence-electron chi connectivity index (χ4n) is 1.64. The molecule has 0 aromatic heterocycles. The van der Waals surface area contributed by atoms with E-state index in [9.17, 15) is 9.90 Å². The van der Waals surface area contributed by atoms with Crippen molar-refractivity contribution in [2.75, 3.05) is 0 Å². The summed E-state index contributed by atoms with van der Waals surface area (Å²) in [4.78, 5) is 12.1. The van der Waals surface area contributed by atoms with Crippen LogP contribution in [0.15, 0.2) is 54.6 Å². The first kappa shape index (κ1) is 13.6. The van der Waals surface area contributed by atoms with Crippen molar-refractivity contribution in [2.24, 2.45) is 0 Å². The molecule has 0 saturated carbocycles. The average molecular weight is 277 g/mol. The van der Waals surface area contributed by atoms with Crippen molar-refractivity contribution in [3.63, 3.8) is 0 Å². The molecule has 2 rings (SSSR count). The van der Waals surface area contributed by atoms with E-state index in [1.54, 1.807) is 54.6 Å². The molecule has 0 heterocycles. The van der Waals surface area contributed by atoms with E-state index < -0.39 is 11.6 Å². The third kappa shape index (κ3) is 3.34. The Morgan fingerprint density at radius 1 is 1.11 bits per heavy atom. The number of hydrogen-bond donors (Lipinski definition) is 1. The molecule has 19 heavy (non-hydrogen) atoms. The van der Waals surface area contributed by atoms with Crippen LogP contribution in [0.2, 0.25) is 5.02 Å². The van der Waals surface area contributed by atoms with Gasteiger partial charge in [0.25, 0.3) is 5.79 Å². The van der Waals surface area contributed by atoms with Crippen molar-refractivity contribution in [2.45, 2.75) is 12.7 Å². The van der Waals surface area contributed by atoms with Crippen LogP contribution in [0.25, 0.3) is 0 Å². The maximum Gasteiger partial charge on any atom is 0.269 e. The first-order valence-corrected chi connectivity index (χ1v) is 6.13. The fourth-order valence-corrected chi connectivity index (χ4v) is 1.76. The van der Waals surface area contributed by atoms with Crippen molar-refractivity contribution in [3.05, 3.63) is 65.2 Å². The molecule has 2 aromatic carbocycles. The van der Waals surface area contributed by atoms with Crippen LogP contribution in [0.1, 0.15) is 17.3 Å². The smallest absolute Gasteiger partial charge is 0.269 e. The Bertz CT molecular complexity index is 562. The Balaban J connectivity index is 2.18. The van der Waals surface area contributed by atoms with E-state index in [1.807, 2.05) is 0 Å². The number of ether oxygens (including phenoxy) is 1. The number of carbonyl (C=O) groups excluding carboxylic acids is 1. The minimum Gasteiger partial charge on any atom is -0.455 e. The SMILES string of the molecule is CC(O)(Oc1ccc(Cl)cc1)C(=O)c1ccccc1. The van der Waals surface area contributed by atoms with Crippen LogP contribution in [0.3, 0.4) is 0 Å². The molecule has 98 valence electrons. The Hall–Kier alpha value is -1.84. The molecule has 1 N–H and O–H groups in total. The maximum atomic E-state index is 12.1. The third-order valence-electron chi connectivity index (χ3n) is 2.59. The number of halogens is 1. The highest BCUT2D eigenvalue weighted by Gasteiger charge is 2.33. The van der Waals surface area contributed by atoms with Gasteiger partial charge < -0.3 is 9.84 Å². The zero-order chi connectivity index (χ0) is 13.9.